The summed E-state index contributed by atoms with van der Waals surface area (Å²) < 4.78 is 0. The van der Waals surface area contributed by atoms with Gasteiger partial charge in [0.05, 0.1) is 12.4 Å². The number of carbonyl (C=O) groups is 1. The zero-order valence-electron chi connectivity index (χ0n) is 8.97. The number of aromatic nitrogens is 2. The van der Waals surface area contributed by atoms with Crippen LogP contribution in [0.15, 0.2) is 12.4 Å². The quantitative estimate of drug-likeness (QED) is 0.752. The second kappa shape index (κ2) is 3.43. The summed E-state index contributed by atoms with van der Waals surface area (Å²) in [6, 6.07) is 0.428. The molecule has 1 aromatic heterocycles. The molecule has 5 heteroatoms. The van der Waals surface area contributed by atoms with Crippen LogP contribution in [0.4, 0.5) is 5.82 Å². The third-order valence-corrected chi connectivity index (χ3v) is 3.56. The van der Waals surface area contributed by atoms with Gasteiger partial charge in [-0.1, -0.05) is 0 Å². The van der Waals surface area contributed by atoms with Gasteiger partial charge in [0.2, 0.25) is 0 Å². The molecule has 1 saturated carbocycles. The Morgan fingerprint density at radius 1 is 1.38 bits per heavy atom. The Bertz CT molecular complexity index is 416. The van der Waals surface area contributed by atoms with Crippen LogP contribution < -0.4 is 5.73 Å². The molecule has 5 nitrogen and oxygen atoms in total. The highest BCUT2D eigenvalue weighted by Crippen LogP contribution is 2.37. The van der Waals surface area contributed by atoms with Crippen molar-refractivity contribution in [2.24, 2.45) is 5.92 Å². The van der Waals surface area contributed by atoms with Gasteiger partial charge < -0.3 is 10.6 Å². The van der Waals surface area contributed by atoms with Crippen molar-refractivity contribution in [3.63, 3.8) is 0 Å². The first-order valence-electron chi connectivity index (χ1n) is 5.62. The first-order chi connectivity index (χ1) is 7.74. The van der Waals surface area contributed by atoms with Gasteiger partial charge in [-0.25, -0.2) is 9.97 Å². The second-order valence-electron chi connectivity index (χ2n) is 4.62. The zero-order chi connectivity index (χ0) is 11.1. The molecule has 1 aliphatic heterocycles. The van der Waals surface area contributed by atoms with Gasteiger partial charge >= 0.3 is 0 Å². The van der Waals surface area contributed by atoms with Crippen LogP contribution >= 0.6 is 0 Å². The van der Waals surface area contributed by atoms with Crippen molar-refractivity contribution in [1.82, 2.24) is 14.9 Å². The van der Waals surface area contributed by atoms with E-state index in [0.29, 0.717) is 23.5 Å². The molecule has 2 heterocycles. The highest BCUT2D eigenvalue weighted by atomic mass is 16.2. The van der Waals surface area contributed by atoms with E-state index in [9.17, 15) is 4.79 Å². The van der Waals surface area contributed by atoms with Gasteiger partial charge in [-0.3, -0.25) is 4.79 Å². The number of likely N-dealkylation sites (tertiary alicyclic amines) is 1. The van der Waals surface area contributed by atoms with E-state index in [1.54, 1.807) is 0 Å². The number of amides is 1. The first kappa shape index (κ1) is 9.57. The van der Waals surface area contributed by atoms with Crippen molar-refractivity contribution in [1.29, 1.82) is 0 Å². The SMILES string of the molecule is Nc1cnc(C(=O)N2CC3CCC2C3)cn1. The number of nitrogens with two attached hydrogens (primary N) is 1. The number of nitrogen functional groups attached to an aromatic ring is 1. The number of fused-ring (bicyclic) bond motifs is 2. The van der Waals surface area contributed by atoms with Crippen LogP contribution in [0, 0.1) is 5.92 Å². The van der Waals surface area contributed by atoms with E-state index in [4.69, 9.17) is 5.73 Å². The largest absolute Gasteiger partial charge is 0.382 e. The van der Waals surface area contributed by atoms with Crippen molar-refractivity contribution in [2.45, 2.75) is 25.3 Å². The maximum Gasteiger partial charge on any atom is 0.274 e. The van der Waals surface area contributed by atoms with Crippen LogP contribution in [-0.2, 0) is 0 Å². The summed E-state index contributed by atoms with van der Waals surface area (Å²) in [6.07, 6.45) is 6.46. The fourth-order valence-corrected chi connectivity index (χ4v) is 2.77. The maximum atomic E-state index is 12.1. The molecule has 0 aromatic carbocycles. The highest BCUT2D eigenvalue weighted by molar-refractivity contribution is 5.92. The summed E-state index contributed by atoms with van der Waals surface area (Å²) in [5.41, 5.74) is 5.85. The minimum absolute atomic E-state index is 0.000278. The normalized spacial score (nSPS) is 27.4. The molecule has 0 radical (unpaired) electrons. The molecule has 3 rings (SSSR count). The van der Waals surface area contributed by atoms with Gasteiger partial charge in [-0.15, -0.1) is 0 Å². The van der Waals surface area contributed by atoms with E-state index < -0.39 is 0 Å². The van der Waals surface area contributed by atoms with Crippen molar-refractivity contribution in [3.8, 4) is 0 Å². The molecule has 2 unspecified atom stereocenters. The minimum atomic E-state index is -0.000278. The van der Waals surface area contributed by atoms with E-state index in [2.05, 4.69) is 9.97 Å². The van der Waals surface area contributed by atoms with Crippen LogP contribution in [0.5, 0.6) is 0 Å². The van der Waals surface area contributed by atoms with Gasteiger partial charge in [0, 0.05) is 12.6 Å². The Hall–Kier alpha value is -1.65. The average molecular weight is 218 g/mol. The van der Waals surface area contributed by atoms with Crippen LogP contribution in [0.2, 0.25) is 0 Å². The van der Waals surface area contributed by atoms with E-state index in [1.165, 1.54) is 18.8 Å². The van der Waals surface area contributed by atoms with Gasteiger partial charge in [0.15, 0.2) is 0 Å². The number of piperidine rings is 1. The summed E-state index contributed by atoms with van der Waals surface area (Å²) in [7, 11) is 0. The van der Waals surface area contributed by atoms with E-state index >= 15 is 0 Å². The number of hydrogen-bond acceptors (Lipinski definition) is 4. The second-order valence-corrected chi connectivity index (χ2v) is 4.62. The first-order valence-corrected chi connectivity index (χ1v) is 5.62. The highest BCUT2D eigenvalue weighted by Gasteiger charge is 2.40. The smallest absolute Gasteiger partial charge is 0.274 e. The summed E-state index contributed by atoms with van der Waals surface area (Å²) >= 11 is 0. The molecular weight excluding hydrogens is 204 g/mol. The van der Waals surface area contributed by atoms with Gasteiger partial charge in [0.1, 0.15) is 11.5 Å². The summed E-state index contributed by atoms with van der Waals surface area (Å²) in [5, 5.41) is 0. The van der Waals surface area contributed by atoms with E-state index in [1.807, 2.05) is 4.90 Å². The number of carbonyl (C=O) groups excluding carboxylic acids is 1. The molecule has 16 heavy (non-hydrogen) atoms. The predicted octanol–water partition coefficient (Wildman–Crippen LogP) is 0.683. The molecule has 0 spiro atoms. The lowest BCUT2D eigenvalue weighted by molar-refractivity contribution is 0.0697. The predicted molar refractivity (Wildman–Crippen MR) is 58.6 cm³/mol. The lowest BCUT2D eigenvalue weighted by Gasteiger charge is -2.26. The Balaban J connectivity index is 1.80. The number of rotatable bonds is 1. The van der Waals surface area contributed by atoms with E-state index in [0.717, 1.165) is 19.4 Å². The molecule has 1 saturated heterocycles. The standard InChI is InChI=1S/C11H14N4O/c12-10-5-13-9(4-14-10)11(16)15-6-7-1-2-8(15)3-7/h4-5,7-8H,1-3,6H2,(H2,12,14). The molecule has 2 aliphatic rings. The molecule has 84 valence electrons. The van der Waals surface area contributed by atoms with Crippen molar-refractivity contribution in [2.75, 3.05) is 12.3 Å². The molecule has 2 atom stereocenters. The lowest BCUT2D eigenvalue weighted by atomic mass is 10.1. The third kappa shape index (κ3) is 1.43. The fraction of sp³-hybridized carbons (Fsp3) is 0.545. The lowest BCUT2D eigenvalue weighted by Crippen LogP contribution is -2.38. The summed E-state index contributed by atoms with van der Waals surface area (Å²) in [5.74, 6) is 1.05. The number of hydrogen-bond donors (Lipinski definition) is 1. The molecule has 1 amide bonds. The Morgan fingerprint density at radius 2 is 2.25 bits per heavy atom. The molecule has 2 bridgehead atoms. The van der Waals surface area contributed by atoms with Crippen LogP contribution in [-0.4, -0.2) is 33.4 Å². The molecule has 1 aliphatic carbocycles. The zero-order valence-corrected chi connectivity index (χ0v) is 8.97. The van der Waals surface area contributed by atoms with Crippen LogP contribution in [0.25, 0.3) is 0 Å². The fourth-order valence-electron chi connectivity index (χ4n) is 2.77. The molecule has 1 aromatic rings. The van der Waals surface area contributed by atoms with Crippen molar-refractivity contribution in [3.05, 3.63) is 18.1 Å². The Kier molecular flexibility index (Phi) is 2.05. The molecule has 2 fully saturated rings. The molecular formula is C11H14N4O. The van der Waals surface area contributed by atoms with Crippen molar-refractivity contribution >= 4 is 11.7 Å². The van der Waals surface area contributed by atoms with Gasteiger partial charge in [-0.05, 0) is 25.2 Å². The van der Waals surface area contributed by atoms with Gasteiger partial charge in [-0.2, -0.15) is 0 Å². The number of nitrogens with zero attached hydrogens (tertiary/aromatic N) is 3. The third-order valence-electron chi connectivity index (χ3n) is 3.56. The topological polar surface area (TPSA) is 72.1 Å². The van der Waals surface area contributed by atoms with Crippen LogP contribution in [0.3, 0.4) is 0 Å². The average Bonchev–Trinajstić information content (AvgIpc) is 2.91. The van der Waals surface area contributed by atoms with Crippen molar-refractivity contribution < 1.29 is 4.79 Å². The Labute approximate surface area is 93.7 Å². The van der Waals surface area contributed by atoms with Gasteiger partial charge in [0.25, 0.3) is 5.91 Å². The molecule has 2 N–H and O–H groups in total. The maximum absolute atomic E-state index is 12.1. The Morgan fingerprint density at radius 3 is 2.81 bits per heavy atom. The number of anilines is 1. The minimum Gasteiger partial charge on any atom is -0.382 e. The monoisotopic (exact) mass is 218 g/mol. The summed E-state index contributed by atoms with van der Waals surface area (Å²) in [4.78, 5) is 22.0. The van der Waals surface area contributed by atoms with E-state index in [-0.39, 0.29) is 5.91 Å². The van der Waals surface area contributed by atoms with Crippen LogP contribution in [0.1, 0.15) is 29.8 Å². The summed E-state index contributed by atoms with van der Waals surface area (Å²) in [6.45, 7) is 0.884.